The van der Waals surface area contributed by atoms with E-state index in [0.717, 1.165) is 11.1 Å². The van der Waals surface area contributed by atoms with Gasteiger partial charge in [0.25, 0.3) is 0 Å². The van der Waals surface area contributed by atoms with Gasteiger partial charge in [-0.1, -0.05) is 23.8 Å². The molecule has 0 spiro atoms. The number of aryl methyl sites for hydroxylation is 2. The van der Waals surface area contributed by atoms with Gasteiger partial charge in [0, 0.05) is 12.5 Å². The summed E-state index contributed by atoms with van der Waals surface area (Å²) in [5, 5.41) is 2.77. The quantitative estimate of drug-likeness (QED) is 0.784. The molecule has 22 heavy (non-hydrogen) atoms. The second-order valence-corrected chi connectivity index (χ2v) is 5.52. The van der Waals surface area contributed by atoms with Crippen LogP contribution in [0, 0.1) is 13.8 Å². The molecule has 0 aliphatic carbocycles. The van der Waals surface area contributed by atoms with Crippen molar-refractivity contribution in [1.82, 2.24) is 5.32 Å². The number of amides is 1. The van der Waals surface area contributed by atoms with Crippen molar-refractivity contribution >= 4 is 5.91 Å². The summed E-state index contributed by atoms with van der Waals surface area (Å²) < 4.78 is 40.0. The van der Waals surface area contributed by atoms with Gasteiger partial charge in [0.2, 0.25) is 5.91 Å². The van der Waals surface area contributed by atoms with Gasteiger partial charge in [-0.3, -0.25) is 4.79 Å². The molecule has 124 valence electrons. The fraction of sp³-hybridized carbons (Fsp3) is 0.562. The van der Waals surface area contributed by atoms with Gasteiger partial charge < -0.3 is 10.1 Å². The van der Waals surface area contributed by atoms with Crippen molar-refractivity contribution in [2.45, 2.75) is 45.8 Å². The first kappa shape index (κ1) is 18.5. The van der Waals surface area contributed by atoms with Gasteiger partial charge in [0.1, 0.15) is 6.61 Å². The zero-order valence-corrected chi connectivity index (χ0v) is 13.1. The molecule has 0 heterocycles. The number of carbonyl (C=O) groups excluding carboxylic acids is 1. The molecule has 1 N–H and O–H groups in total. The zero-order valence-electron chi connectivity index (χ0n) is 13.1. The Bertz CT molecular complexity index is 501. The highest BCUT2D eigenvalue weighted by Crippen LogP contribution is 2.14. The van der Waals surface area contributed by atoms with Gasteiger partial charge in [0.05, 0.1) is 6.61 Å². The van der Waals surface area contributed by atoms with Crippen LogP contribution in [0.3, 0.4) is 0 Å². The minimum atomic E-state index is -4.35. The van der Waals surface area contributed by atoms with Gasteiger partial charge >= 0.3 is 6.18 Å². The van der Waals surface area contributed by atoms with Crippen LogP contribution >= 0.6 is 0 Å². The highest BCUT2D eigenvalue weighted by molar-refractivity contribution is 5.76. The van der Waals surface area contributed by atoms with Crippen molar-refractivity contribution in [2.75, 3.05) is 13.2 Å². The minimum Gasteiger partial charge on any atom is -0.372 e. The van der Waals surface area contributed by atoms with Crippen LogP contribution in [0.2, 0.25) is 0 Å². The van der Waals surface area contributed by atoms with E-state index in [4.69, 9.17) is 0 Å². The summed E-state index contributed by atoms with van der Waals surface area (Å²) in [6.45, 7) is 4.35. The highest BCUT2D eigenvalue weighted by Gasteiger charge is 2.27. The number of carbonyl (C=O) groups is 1. The predicted molar refractivity (Wildman–Crippen MR) is 78.7 cm³/mol. The molecule has 0 aliphatic rings. The molecule has 0 saturated heterocycles. The Balaban J connectivity index is 2.32. The molecule has 1 aromatic carbocycles. The normalized spacial score (nSPS) is 13.0. The Morgan fingerprint density at radius 1 is 1.32 bits per heavy atom. The predicted octanol–water partition coefficient (Wildman–Crippen LogP) is 3.32. The highest BCUT2D eigenvalue weighted by atomic mass is 19.4. The number of alkyl halides is 3. The molecule has 1 atom stereocenters. The molecule has 0 radical (unpaired) electrons. The summed E-state index contributed by atoms with van der Waals surface area (Å²) in [4.78, 5) is 11.6. The van der Waals surface area contributed by atoms with Crippen LogP contribution in [0.1, 0.15) is 30.0 Å². The van der Waals surface area contributed by atoms with Gasteiger partial charge in [-0.05, 0) is 38.3 Å². The summed E-state index contributed by atoms with van der Waals surface area (Å²) >= 11 is 0. The monoisotopic (exact) mass is 317 g/mol. The van der Waals surface area contributed by atoms with Crippen molar-refractivity contribution < 1.29 is 22.7 Å². The van der Waals surface area contributed by atoms with E-state index in [0.29, 0.717) is 6.42 Å². The Morgan fingerprint density at radius 2 is 2.00 bits per heavy atom. The molecule has 1 unspecified atom stereocenters. The van der Waals surface area contributed by atoms with E-state index >= 15 is 0 Å². The topological polar surface area (TPSA) is 38.3 Å². The maximum absolute atomic E-state index is 11.9. The standard InChI is InChI=1S/C16H22F3NO2/c1-11-4-5-14(12(2)8-11)9-13(3)20-15(21)6-7-22-10-16(17,18)19/h4-5,8,13H,6-7,9-10H2,1-3H3,(H,20,21). The van der Waals surface area contributed by atoms with E-state index in [2.05, 4.69) is 16.1 Å². The lowest BCUT2D eigenvalue weighted by Crippen LogP contribution is -2.35. The van der Waals surface area contributed by atoms with E-state index in [1.54, 1.807) is 0 Å². The van der Waals surface area contributed by atoms with Gasteiger partial charge in [-0.2, -0.15) is 13.2 Å². The van der Waals surface area contributed by atoms with E-state index in [1.807, 2.05) is 32.9 Å². The summed E-state index contributed by atoms with van der Waals surface area (Å²) in [6, 6.07) is 6.03. The van der Waals surface area contributed by atoms with Crippen LogP contribution in [-0.4, -0.2) is 31.3 Å². The molecule has 1 aromatic rings. The summed E-state index contributed by atoms with van der Waals surface area (Å²) in [5.41, 5.74) is 3.49. The first-order valence-electron chi connectivity index (χ1n) is 7.17. The summed E-state index contributed by atoms with van der Waals surface area (Å²) in [6.07, 6.45) is -3.75. The van der Waals surface area contributed by atoms with Crippen molar-refractivity contribution in [3.8, 4) is 0 Å². The fourth-order valence-electron chi connectivity index (χ4n) is 2.16. The number of ether oxygens (including phenoxy) is 1. The fourth-order valence-corrected chi connectivity index (χ4v) is 2.16. The number of halogens is 3. The average molecular weight is 317 g/mol. The molecule has 0 fully saturated rings. The third-order valence-corrected chi connectivity index (χ3v) is 3.17. The van der Waals surface area contributed by atoms with E-state index in [-0.39, 0.29) is 25.0 Å². The number of hydrogen-bond acceptors (Lipinski definition) is 2. The second-order valence-electron chi connectivity index (χ2n) is 5.52. The number of nitrogens with one attached hydrogen (secondary N) is 1. The molecule has 0 bridgehead atoms. The molecule has 0 aliphatic heterocycles. The first-order chi connectivity index (χ1) is 10.2. The van der Waals surface area contributed by atoms with E-state index in [9.17, 15) is 18.0 Å². The Morgan fingerprint density at radius 3 is 2.59 bits per heavy atom. The van der Waals surface area contributed by atoms with Crippen LogP contribution in [0.5, 0.6) is 0 Å². The van der Waals surface area contributed by atoms with Crippen molar-refractivity contribution in [3.05, 3.63) is 34.9 Å². The molecule has 3 nitrogen and oxygen atoms in total. The van der Waals surface area contributed by atoms with Crippen molar-refractivity contribution in [1.29, 1.82) is 0 Å². The van der Waals surface area contributed by atoms with Gasteiger partial charge in [-0.15, -0.1) is 0 Å². The molecule has 1 rings (SSSR count). The number of hydrogen-bond donors (Lipinski definition) is 1. The molecule has 1 amide bonds. The minimum absolute atomic E-state index is 0.0761. The molecular formula is C16H22F3NO2. The molecule has 6 heteroatoms. The van der Waals surface area contributed by atoms with Crippen molar-refractivity contribution in [2.24, 2.45) is 0 Å². The SMILES string of the molecule is Cc1ccc(CC(C)NC(=O)CCOCC(F)(F)F)c(C)c1. The Kier molecular flexibility index (Phi) is 6.87. The van der Waals surface area contributed by atoms with Crippen LogP contribution in [0.4, 0.5) is 13.2 Å². The second kappa shape index (κ2) is 8.17. The zero-order chi connectivity index (χ0) is 16.8. The Hall–Kier alpha value is -1.56. The molecule has 0 aromatic heterocycles. The van der Waals surface area contributed by atoms with Gasteiger partial charge in [-0.25, -0.2) is 0 Å². The van der Waals surface area contributed by atoms with Crippen molar-refractivity contribution in [3.63, 3.8) is 0 Å². The largest absolute Gasteiger partial charge is 0.411 e. The lowest BCUT2D eigenvalue weighted by molar-refractivity contribution is -0.174. The van der Waals surface area contributed by atoms with Crippen LogP contribution in [0.15, 0.2) is 18.2 Å². The lowest BCUT2D eigenvalue weighted by atomic mass is 10.00. The summed E-state index contributed by atoms with van der Waals surface area (Å²) in [5.74, 6) is -0.306. The maximum Gasteiger partial charge on any atom is 0.411 e. The average Bonchev–Trinajstić information content (AvgIpc) is 2.37. The van der Waals surface area contributed by atoms with Crippen LogP contribution in [-0.2, 0) is 16.0 Å². The Labute approximate surface area is 128 Å². The van der Waals surface area contributed by atoms with E-state index in [1.165, 1.54) is 5.56 Å². The third kappa shape index (κ3) is 7.45. The maximum atomic E-state index is 11.9. The van der Waals surface area contributed by atoms with Crippen LogP contribution < -0.4 is 5.32 Å². The third-order valence-electron chi connectivity index (χ3n) is 3.17. The lowest BCUT2D eigenvalue weighted by Gasteiger charge is -2.16. The number of rotatable bonds is 7. The first-order valence-corrected chi connectivity index (χ1v) is 7.17. The van der Waals surface area contributed by atoms with E-state index < -0.39 is 12.8 Å². The summed E-state index contributed by atoms with van der Waals surface area (Å²) in [7, 11) is 0. The smallest absolute Gasteiger partial charge is 0.372 e. The molecule has 0 saturated carbocycles. The van der Waals surface area contributed by atoms with Gasteiger partial charge in [0.15, 0.2) is 0 Å². The number of benzene rings is 1. The van der Waals surface area contributed by atoms with Crippen LogP contribution in [0.25, 0.3) is 0 Å². The molecular weight excluding hydrogens is 295 g/mol.